The Kier molecular flexibility index (Phi) is 4.53. The Bertz CT molecular complexity index is 582. The minimum atomic E-state index is -0.443. The molecule has 0 aromatic heterocycles. The van der Waals surface area contributed by atoms with Gasteiger partial charge in [-0.3, -0.25) is 0 Å². The minimum absolute atomic E-state index is 0.137. The summed E-state index contributed by atoms with van der Waals surface area (Å²) in [4.78, 5) is 0. The summed E-state index contributed by atoms with van der Waals surface area (Å²) in [6.07, 6.45) is 0.221. The van der Waals surface area contributed by atoms with E-state index in [0.29, 0.717) is 6.42 Å². The van der Waals surface area contributed by atoms with Crippen LogP contribution in [0.4, 0.5) is 0 Å². The fourth-order valence-electron chi connectivity index (χ4n) is 2.87. The molecule has 1 heteroatoms. The lowest BCUT2D eigenvalue weighted by atomic mass is 9.82. The zero-order valence-corrected chi connectivity index (χ0v) is 13.8. The van der Waals surface area contributed by atoms with Crippen molar-refractivity contribution in [3.8, 4) is 0 Å². The molecule has 21 heavy (non-hydrogen) atoms. The van der Waals surface area contributed by atoms with Crippen molar-refractivity contribution in [2.75, 3.05) is 0 Å². The predicted molar refractivity (Wildman–Crippen MR) is 89.7 cm³/mol. The minimum Gasteiger partial charge on any atom is -0.388 e. The fourth-order valence-corrected chi connectivity index (χ4v) is 2.87. The summed E-state index contributed by atoms with van der Waals surface area (Å²) < 4.78 is 0. The Morgan fingerprint density at radius 1 is 0.952 bits per heavy atom. The Labute approximate surface area is 128 Å². The van der Waals surface area contributed by atoms with E-state index < -0.39 is 6.10 Å². The monoisotopic (exact) mass is 282 g/mol. The van der Waals surface area contributed by atoms with E-state index in [1.54, 1.807) is 0 Å². The predicted octanol–water partition coefficient (Wildman–Crippen LogP) is 4.88. The molecule has 0 aliphatic rings. The van der Waals surface area contributed by atoms with Crippen LogP contribution in [-0.4, -0.2) is 5.11 Å². The smallest absolute Gasteiger partial charge is 0.0835 e. The number of hydrogen-bond donors (Lipinski definition) is 1. The number of aliphatic hydroxyl groups excluding tert-OH is 1. The number of aryl methyl sites for hydroxylation is 2. The molecule has 0 bridgehead atoms. The highest BCUT2D eigenvalue weighted by Crippen LogP contribution is 2.31. The highest BCUT2D eigenvalue weighted by atomic mass is 16.3. The third kappa shape index (κ3) is 3.74. The van der Waals surface area contributed by atoms with Gasteiger partial charge in [-0.2, -0.15) is 0 Å². The summed E-state index contributed by atoms with van der Waals surface area (Å²) in [7, 11) is 0. The standard InChI is InChI=1S/C20H26O/c1-14-11-17(20(3,4)5)12-15(2)19(14)18(21)13-16-9-7-6-8-10-16/h6-12,18,21H,13H2,1-5H3. The molecule has 2 aromatic rings. The molecule has 1 unspecified atom stereocenters. The third-order valence-electron chi connectivity index (χ3n) is 4.06. The molecule has 0 aliphatic heterocycles. The average Bonchev–Trinajstić information content (AvgIpc) is 2.37. The Hall–Kier alpha value is -1.60. The van der Waals surface area contributed by atoms with E-state index in [1.807, 2.05) is 18.2 Å². The summed E-state index contributed by atoms with van der Waals surface area (Å²) in [6, 6.07) is 14.6. The van der Waals surface area contributed by atoms with Crippen molar-refractivity contribution in [1.82, 2.24) is 0 Å². The number of benzene rings is 2. The molecule has 2 rings (SSSR count). The number of aliphatic hydroxyl groups is 1. The maximum Gasteiger partial charge on any atom is 0.0835 e. The first-order chi connectivity index (χ1) is 9.79. The molecule has 0 fully saturated rings. The molecule has 2 aromatic carbocycles. The molecule has 112 valence electrons. The normalized spacial score (nSPS) is 13.2. The first kappa shape index (κ1) is 15.8. The van der Waals surface area contributed by atoms with E-state index in [9.17, 15) is 5.11 Å². The lowest BCUT2D eigenvalue weighted by Crippen LogP contribution is -2.14. The van der Waals surface area contributed by atoms with Crippen LogP contribution >= 0.6 is 0 Å². The maximum atomic E-state index is 10.6. The van der Waals surface area contributed by atoms with Crippen LogP contribution in [0.25, 0.3) is 0 Å². The fraction of sp³-hybridized carbons (Fsp3) is 0.400. The summed E-state index contributed by atoms with van der Waals surface area (Å²) in [5.41, 5.74) is 6.08. The van der Waals surface area contributed by atoms with Crippen LogP contribution in [0.15, 0.2) is 42.5 Å². The van der Waals surface area contributed by atoms with Gasteiger partial charge in [0.2, 0.25) is 0 Å². The lowest BCUT2D eigenvalue weighted by molar-refractivity contribution is 0.177. The molecule has 1 atom stereocenters. The van der Waals surface area contributed by atoms with E-state index in [0.717, 1.165) is 5.56 Å². The van der Waals surface area contributed by atoms with Gasteiger partial charge >= 0.3 is 0 Å². The van der Waals surface area contributed by atoms with Gasteiger partial charge in [0.05, 0.1) is 6.10 Å². The van der Waals surface area contributed by atoms with Crippen molar-refractivity contribution >= 4 is 0 Å². The van der Waals surface area contributed by atoms with E-state index in [-0.39, 0.29) is 5.41 Å². The number of hydrogen-bond acceptors (Lipinski definition) is 1. The van der Waals surface area contributed by atoms with Crippen LogP contribution in [0.3, 0.4) is 0 Å². The summed E-state index contributed by atoms with van der Waals surface area (Å²) >= 11 is 0. The van der Waals surface area contributed by atoms with Crippen LogP contribution < -0.4 is 0 Å². The molecule has 1 nitrogen and oxygen atoms in total. The molecule has 0 heterocycles. The van der Waals surface area contributed by atoms with Crippen LogP contribution in [0.1, 0.15) is 54.7 Å². The van der Waals surface area contributed by atoms with Crippen molar-refractivity contribution in [3.05, 3.63) is 70.3 Å². The topological polar surface area (TPSA) is 20.2 Å². The van der Waals surface area contributed by atoms with Crippen LogP contribution in [-0.2, 0) is 11.8 Å². The maximum absolute atomic E-state index is 10.6. The zero-order chi connectivity index (χ0) is 15.6. The van der Waals surface area contributed by atoms with Gasteiger partial charge in [-0.25, -0.2) is 0 Å². The van der Waals surface area contributed by atoms with Gasteiger partial charge in [0, 0.05) is 6.42 Å². The van der Waals surface area contributed by atoms with Crippen molar-refractivity contribution in [2.24, 2.45) is 0 Å². The summed E-state index contributed by atoms with van der Waals surface area (Å²) in [5, 5.41) is 10.6. The molecule has 0 saturated heterocycles. The van der Waals surface area contributed by atoms with Gasteiger partial charge in [-0.1, -0.05) is 63.2 Å². The van der Waals surface area contributed by atoms with Crippen molar-refractivity contribution in [1.29, 1.82) is 0 Å². The van der Waals surface area contributed by atoms with Gasteiger partial charge < -0.3 is 5.11 Å². The second-order valence-electron chi connectivity index (χ2n) is 6.98. The second-order valence-corrected chi connectivity index (χ2v) is 6.98. The van der Waals surface area contributed by atoms with Crippen molar-refractivity contribution in [2.45, 2.75) is 52.6 Å². The van der Waals surface area contributed by atoms with E-state index in [4.69, 9.17) is 0 Å². The molecular formula is C20H26O. The summed E-state index contributed by atoms with van der Waals surface area (Å²) in [6.45, 7) is 10.9. The molecule has 0 aliphatic carbocycles. The van der Waals surface area contributed by atoms with Gasteiger partial charge in [-0.05, 0) is 47.1 Å². The van der Waals surface area contributed by atoms with Crippen molar-refractivity contribution < 1.29 is 5.11 Å². The first-order valence-corrected chi connectivity index (χ1v) is 7.62. The lowest BCUT2D eigenvalue weighted by Gasteiger charge is -2.24. The second kappa shape index (κ2) is 6.03. The molecule has 0 radical (unpaired) electrons. The van der Waals surface area contributed by atoms with E-state index in [2.05, 4.69) is 58.9 Å². The van der Waals surface area contributed by atoms with Crippen LogP contribution in [0.2, 0.25) is 0 Å². The SMILES string of the molecule is Cc1cc(C(C)(C)C)cc(C)c1C(O)Cc1ccccc1. The quantitative estimate of drug-likeness (QED) is 0.851. The van der Waals surface area contributed by atoms with E-state index in [1.165, 1.54) is 22.3 Å². The van der Waals surface area contributed by atoms with Crippen LogP contribution in [0, 0.1) is 13.8 Å². The number of rotatable bonds is 3. The van der Waals surface area contributed by atoms with Crippen molar-refractivity contribution in [3.63, 3.8) is 0 Å². The largest absolute Gasteiger partial charge is 0.388 e. The van der Waals surface area contributed by atoms with Crippen LogP contribution in [0.5, 0.6) is 0 Å². The molecule has 0 amide bonds. The highest BCUT2D eigenvalue weighted by Gasteiger charge is 2.19. The average molecular weight is 282 g/mol. The first-order valence-electron chi connectivity index (χ1n) is 7.62. The van der Waals surface area contributed by atoms with E-state index >= 15 is 0 Å². The summed E-state index contributed by atoms with van der Waals surface area (Å²) in [5.74, 6) is 0. The zero-order valence-electron chi connectivity index (χ0n) is 13.8. The van der Waals surface area contributed by atoms with Gasteiger partial charge in [0.1, 0.15) is 0 Å². The molecule has 0 spiro atoms. The Balaban J connectivity index is 2.32. The van der Waals surface area contributed by atoms with Gasteiger partial charge in [-0.15, -0.1) is 0 Å². The molecule has 0 saturated carbocycles. The Morgan fingerprint density at radius 3 is 1.95 bits per heavy atom. The van der Waals surface area contributed by atoms with Gasteiger partial charge in [0.25, 0.3) is 0 Å². The Morgan fingerprint density at radius 2 is 1.48 bits per heavy atom. The third-order valence-corrected chi connectivity index (χ3v) is 4.06. The highest BCUT2D eigenvalue weighted by molar-refractivity contribution is 5.42. The van der Waals surface area contributed by atoms with Gasteiger partial charge in [0.15, 0.2) is 0 Å². The molecule has 1 N–H and O–H groups in total. The molecular weight excluding hydrogens is 256 g/mol.